The molecule has 0 aliphatic carbocycles. The minimum absolute atomic E-state index is 0.423. The van der Waals surface area contributed by atoms with Gasteiger partial charge in [0.15, 0.2) is 0 Å². The van der Waals surface area contributed by atoms with E-state index in [9.17, 15) is 0 Å². The molecule has 0 fully saturated rings. The highest BCUT2D eigenvalue weighted by molar-refractivity contribution is 9.10. The van der Waals surface area contributed by atoms with Crippen molar-refractivity contribution < 1.29 is 0 Å². The highest BCUT2D eigenvalue weighted by Crippen LogP contribution is 2.16. The van der Waals surface area contributed by atoms with Gasteiger partial charge in [0.1, 0.15) is 0 Å². The van der Waals surface area contributed by atoms with Gasteiger partial charge in [-0.2, -0.15) is 10.2 Å². The van der Waals surface area contributed by atoms with Crippen molar-refractivity contribution in [1.29, 1.82) is 0 Å². The molecule has 0 saturated carbocycles. The lowest BCUT2D eigenvalue weighted by atomic mass is 10.1. The number of fused-ring (bicyclic) bond motifs is 1. The Morgan fingerprint density at radius 2 is 2.23 bits per heavy atom. The van der Waals surface area contributed by atoms with Crippen LogP contribution in [-0.2, 0) is 0 Å². The van der Waals surface area contributed by atoms with E-state index in [1.54, 1.807) is 10.7 Å². The highest BCUT2D eigenvalue weighted by atomic mass is 79.9. The Morgan fingerprint density at radius 3 is 2.85 bits per heavy atom. The van der Waals surface area contributed by atoms with Gasteiger partial charge in [0.05, 0.1) is 17.4 Å². The first-order valence-electron chi connectivity index (χ1n) is 4.05. The molecule has 2 heterocycles. The topological polar surface area (TPSA) is 43.1 Å². The molecular formula is C8H9BrN4. The van der Waals surface area contributed by atoms with Crippen molar-refractivity contribution in [3.63, 3.8) is 0 Å². The number of hydrogen-bond acceptors (Lipinski definition) is 3. The summed E-state index contributed by atoms with van der Waals surface area (Å²) in [5.41, 5.74) is 2.01. The molecule has 5 heteroatoms. The van der Waals surface area contributed by atoms with Crippen LogP contribution in [0.2, 0.25) is 0 Å². The maximum atomic E-state index is 4.38. The summed E-state index contributed by atoms with van der Waals surface area (Å²) in [6, 6.07) is 2.02. The molecule has 0 atom stereocenters. The van der Waals surface area contributed by atoms with Crippen LogP contribution < -0.4 is 0 Å². The van der Waals surface area contributed by atoms with Crippen LogP contribution in [0, 0.1) is 0 Å². The standard InChI is InChI=1S/C8H9BrN4/c1-5(2)7-3-6-4-10-11-8(9)13(6)12-7/h3-5H,1-2H3. The maximum absolute atomic E-state index is 4.38. The molecule has 0 unspecified atom stereocenters. The molecule has 0 saturated heterocycles. The van der Waals surface area contributed by atoms with E-state index in [0.29, 0.717) is 10.7 Å². The van der Waals surface area contributed by atoms with Gasteiger partial charge in [-0.1, -0.05) is 13.8 Å². The molecule has 2 aromatic rings. The highest BCUT2D eigenvalue weighted by Gasteiger charge is 2.07. The van der Waals surface area contributed by atoms with Crippen LogP contribution in [0.5, 0.6) is 0 Å². The molecule has 0 aliphatic rings. The molecular weight excluding hydrogens is 232 g/mol. The van der Waals surface area contributed by atoms with E-state index in [0.717, 1.165) is 11.2 Å². The van der Waals surface area contributed by atoms with E-state index < -0.39 is 0 Å². The van der Waals surface area contributed by atoms with Gasteiger partial charge in [-0.25, -0.2) is 4.52 Å². The second kappa shape index (κ2) is 3.06. The average molecular weight is 241 g/mol. The minimum Gasteiger partial charge on any atom is -0.206 e. The zero-order valence-electron chi connectivity index (χ0n) is 7.40. The Bertz CT molecular complexity index is 435. The Hall–Kier alpha value is -0.970. The monoisotopic (exact) mass is 240 g/mol. The molecule has 2 rings (SSSR count). The van der Waals surface area contributed by atoms with E-state index in [1.807, 2.05) is 6.07 Å². The van der Waals surface area contributed by atoms with E-state index in [4.69, 9.17) is 0 Å². The van der Waals surface area contributed by atoms with Crippen LogP contribution in [0.4, 0.5) is 0 Å². The molecule has 2 aromatic heterocycles. The molecule has 0 aromatic carbocycles. The molecule has 0 aliphatic heterocycles. The van der Waals surface area contributed by atoms with Crippen LogP contribution >= 0.6 is 15.9 Å². The smallest absolute Gasteiger partial charge is 0.206 e. The zero-order chi connectivity index (χ0) is 9.42. The first kappa shape index (κ1) is 8.62. The predicted octanol–water partition coefficient (Wildman–Crippen LogP) is 2.01. The Kier molecular flexibility index (Phi) is 2.03. The quantitative estimate of drug-likeness (QED) is 0.766. The predicted molar refractivity (Wildman–Crippen MR) is 52.6 cm³/mol. The fraction of sp³-hybridized carbons (Fsp3) is 0.375. The zero-order valence-corrected chi connectivity index (χ0v) is 8.98. The molecule has 0 spiro atoms. The third kappa shape index (κ3) is 1.44. The van der Waals surface area contributed by atoms with E-state index in [2.05, 4.69) is 45.1 Å². The fourth-order valence-corrected chi connectivity index (χ4v) is 1.49. The largest absolute Gasteiger partial charge is 0.219 e. The van der Waals surface area contributed by atoms with Gasteiger partial charge in [-0.15, -0.1) is 5.10 Å². The van der Waals surface area contributed by atoms with Crippen molar-refractivity contribution in [2.75, 3.05) is 0 Å². The summed E-state index contributed by atoms with van der Waals surface area (Å²) in [6.45, 7) is 4.22. The average Bonchev–Trinajstić information content (AvgIpc) is 2.49. The number of nitrogens with zero attached hydrogens (tertiary/aromatic N) is 4. The molecule has 0 radical (unpaired) electrons. The summed E-state index contributed by atoms with van der Waals surface area (Å²) in [4.78, 5) is 0. The number of hydrogen-bond donors (Lipinski definition) is 0. The van der Waals surface area contributed by atoms with Crippen molar-refractivity contribution in [2.45, 2.75) is 19.8 Å². The van der Waals surface area contributed by atoms with Gasteiger partial charge >= 0.3 is 0 Å². The summed E-state index contributed by atoms with van der Waals surface area (Å²) in [5.74, 6) is 0.423. The minimum atomic E-state index is 0.423. The summed E-state index contributed by atoms with van der Waals surface area (Å²) in [7, 11) is 0. The third-order valence-electron chi connectivity index (χ3n) is 1.85. The van der Waals surface area contributed by atoms with Gasteiger partial charge in [-0.05, 0) is 27.9 Å². The number of aromatic nitrogens is 4. The lowest BCUT2D eigenvalue weighted by molar-refractivity contribution is 0.759. The molecule has 0 N–H and O–H groups in total. The summed E-state index contributed by atoms with van der Waals surface area (Å²) in [5, 5.41) is 12.1. The van der Waals surface area contributed by atoms with Crippen LogP contribution in [0.25, 0.3) is 5.52 Å². The number of rotatable bonds is 1. The SMILES string of the molecule is CC(C)c1cc2cnnc(Br)n2n1. The third-order valence-corrected chi connectivity index (χ3v) is 2.35. The Balaban J connectivity index is 2.68. The fourth-order valence-electron chi connectivity index (χ4n) is 1.11. The Labute approximate surface area is 84.1 Å². The lowest BCUT2D eigenvalue weighted by Crippen LogP contribution is -1.95. The molecule has 0 bridgehead atoms. The van der Waals surface area contributed by atoms with Crippen LogP contribution in [0.1, 0.15) is 25.5 Å². The van der Waals surface area contributed by atoms with Crippen molar-refractivity contribution >= 4 is 21.4 Å². The van der Waals surface area contributed by atoms with Crippen LogP contribution in [0.15, 0.2) is 17.0 Å². The van der Waals surface area contributed by atoms with E-state index >= 15 is 0 Å². The van der Waals surface area contributed by atoms with Gasteiger partial charge in [0.2, 0.25) is 4.73 Å². The number of halogens is 1. The van der Waals surface area contributed by atoms with Gasteiger partial charge in [0, 0.05) is 0 Å². The Morgan fingerprint density at radius 1 is 1.46 bits per heavy atom. The van der Waals surface area contributed by atoms with Gasteiger partial charge in [0.25, 0.3) is 0 Å². The second-order valence-electron chi connectivity index (χ2n) is 3.17. The molecule has 4 nitrogen and oxygen atoms in total. The van der Waals surface area contributed by atoms with Crippen molar-refractivity contribution in [3.8, 4) is 0 Å². The molecule has 13 heavy (non-hydrogen) atoms. The maximum Gasteiger partial charge on any atom is 0.219 e. The van der Waals surface area contributed by atoms with Crippen LogP contribution in [-0.4, -0.2) is 19.8 Å². The second-order valence-corrected chi connectivity index (χ2v) is 3.88. The molecule has 0 amide bonds. The van der Waals surface area contributed by atoms with Gasteiger partial charge in [-0.3, -0.25) is 0 Å². The van der Waals surface area contributed by atoms with Crippen molar-refractivity contribution in [1.82, 2.24) is 19.8 Å². The van der Waals surface area contributed by atoms with E-state index in [1.165, 1.54) is 0 Å². The first-order chi connectivity index (χ1) is 6.18. The van der Waals surface area contributed by atoms with E-state index in [-0.39, 0.29) is 0 Å². The van der Waals surface area contributed by atoms with Crippen molar-refractivity contribution in [3.05, 3.63) is 22.7 Å². The normalized spacial score (nSPS) is 11.4. The van der Waals surface area contributed by atoms with Crippen molar-refractivity contribution in [2.24, 2.45) is 0 Å². The van der Waals surface area contributed by atoms with Crippen LogP contribution in [0.3, 0.4) is 0 Å². The lowest BCUT2D eigenvalue weighted by Gasteiger charge is -1.95. The summed E-state index contributed by atoms with van der Waals surface area (Å²) >= 11 is 3.29. The van der Waals surface area contributed by atoms with Gasteiger partial charge < -0.3 is 0 Å². The summed E-state index contributed by atoms with van der Waals surface area (Å²) < 4.78 is 2.37. The first-order valence-corrected chi connectivity index (χ1v) is 4.84. The summed E-state index contributed by atoms with van der Waals surface area (Å²) in [6.07, 6.45) is 1.70. The molecule has 68 valence electrons.